The van der Waals surface area contributed by atoms with E-state index in [1.807, 2.05) is 34.0 Å². The molecule has 15 rings (SSSR count). The summed E-state index contributed by atoms with van der Waals surface area (Å²) in [5.74, 6) is 0. The Balaban J connectivity index is 0.877. The molecule has 0 unspecified atom stereocenters. The molecule has 6 heteroatoms. The molecule has 4 aromatic heterocycles. The van der Waals surface area contributed by atoms with Crippen LogP contribution >= 0.6 is 34.0 Å². The zero-order chi connectivity index (χ0) is 47.3. The van der Waals surface area contributed by atoms with Crippen LogP contribution in [0, 0.1) is 0 Å². The molecule has 0 bridgehead atoms. The Bertz CT molecular complexity index is 4580. The largest absolute Gasteiger partial charge is 0.310 e. The van der Waals surface area contributed by atoms with E-state index in [0.29, 0.717) is 0 Å². The lowest BCUT2D eigenvalue weighted by atomic mass is 10.0. The van der Waals surface area contributed by atoms with Gasteiger partial charge >= 0.3 is 0 Å². The van der Waals surface area contributed by atoms with Crippen LogP contribution in [0.25, 0.3) is 99.1 Å². The van der Waals surface area contributed by atoms with Crippen molar-refractivity contribution in [3.05, 3.63) is 249 Å². The number of anilines is 6. The minimum absolute atomic E-state index is 1.08. The predicted molar refractivity (Wildman–Crippen MR) is 314 cm³/mol. The lowest BCUT2D eigenvalue weighted by molar-refractivity contribution is 1.18. The van der Waals surface area contributed by atoms with Crippen molar-refractivity contribution in [3.8, 4) is 16.8 Å². The van der Waals surface area contributed by atoms with Gasteiger partial charge in [-0.2, -0.15) is 0 Å². The van der Waals surface area contributed by atoms with Crippen LogP contribution in [0.3, 0.4) is 0 Å². The second-order valence-corrected chi connectivity index (χ2v) is 21.7. The Labute approximate surface area is 427 Å². The minimum Gasteiger partial charge on any atom is -0.310 e. The highest BCUT2D eigenvalue weighted by molar-refractivity contribution is 7.26. The van der Waals surface area contributed by atoms with Crippen LogP contribution in [-0.2, 0) is 0 Å². The summed E-state index contributed by atoms with van der Waals surface area (Å²) in [4.78, 5) is 4.85. The number of thiophene rings is 3. The maximum absolute atomic E-state index is 2.46. The van der Waals surface area contributed by atoms with Crippen LogP contribution in [0.4, 0.5) is 34.1 Å². The van der Waals surface area contributed by atoms with E-state index in [9.17, 15) is 0 Å². The molecule has 0 aliphatic rings. The SMILES string of the molecule is c1ccc(N(c2ccc(-c3ccccc3N(c3ccc4c(c3)sc3ccccc34)c3ccc4sc5ccccc5c4c3)cc2)c2ccc3c4cc5sc6ccccc6c5cc4n(-c4ccccc4)c3c2)cc1. The summed E-state index contributed by atoms with van der Waals surface area (Å²) in [7, 11) is 0. The molecule has 0 aliphatic heterocycles. The number of para-hydroxylation sites is 3. The molecule has 11 aromatic carbocycles. The highest BCUT2D eigenvalue weighted by atomic mass is 32.1. The number of fused-ring (bicyclic) bond motifs is 12. The molecule has 0 saturated carbocycles. The fourth-order valence-corrected chi connectivity index (χ4v) is 14.4. The van der Waals surface area contributed by atoms with Gasteiger partial charge in [-0.3, -0.25) is 0 Å². The summed E-state index contributed by atoms with van der Waals surface area (Å²) in [6, 6.07) is 91.7. The molecule has 0 spiro atoms. The van der Waals surface area contributed by atoms with E-state index >= 15 is 0 Å². The monoisotopic (exact) mass is 971 g/mol. The van der Waals surface area contributed by atoms with Gasteiger partial charge in [0, 0.05) is 111 Å². The second-order valence-electron chi connectivity index (χ2n) is 18.5. The molecule has 338 valence electrons. The fraction of sp³-hybridized carbons (Fsp3) is 0. The maximum Gasteiger partial charge on any atom is 0.0561 e. The molecule has 0 atom stereocenters. The van der Waals surface area contributed by atoms with Gasteiger partial charge in [0.15, 0.2) is 0 Å². The minimum atomic E-state index is 1.08. The van der Waals surface area contributed by atoms with Gasteiger partial charge in [0.1, 0.15) is 0 Å². The first-order valence-electron chi connectivity index (χ1n) is 24.3. The number of hydrogen-bond acceptors (Lipinski definition) is 5. The van der Waals surface area contributed by atoms with Crippen molar-refractivity contribution in [2.24, 2.45) is 0 Å². The van der Waals surface area contributed by atoms with Crippen molar-refractivity contribution in [1.29, 1.82) is 0 Å². The van der Waals surface area contributed by atoms with E-state index in [-0.39, 0.29) is 0 Å². The Morgan fingerprint density at radius 3 is 1.46 bits per heavy atom. The number of nitrogens with zero attached hydrogens (tertiary/aromatic N) is 3. The van der Waals surface area contributed by atoms with Gasteiger partial charge in [-0.25, -0.2) is 0 Å². The molecule has 15 aromatic rings. The standard InChI is InChI=1S/C66H41N3S3/c1-3-15-43(16-4-1)67(47-31-34-50-55-41-66-57(53-22-10-14-26-63(53)72-66)40-60(55)69(59(50)38-47)44-17-5-2-6-18-44)45-29-27-42(28-30-45)49-19-7-11-23-58(49)68(46-33-36-64-56(37-46)52-21-9-13-25-62(52)70-64)48-32-35-54-51-20-8-12-24-61(51)71-65(54)39-48/h1-41H. The molecule has 3 nitrogen and oxygen atoms in total. The molecule has 0 saturated heterocycles. The highest BCUT2D eigenvalue weighted by Crippen LogP contribution is 2.48. The summed E-state index contributed by atoms with van der Waals surface area (Å²) in [5.41, 5.74) is 12.5. The average Bonchev–Trinajstić information content (AvgIpc) is 4.20. The first-order valence-corrected chi connectivity index (χ1v) is 26.8. The summed E-state index contributed by atoms with van der Waals surface area (Å²) in [6.45, 7) is 0. The number of hydrogen-bond donors (Lipinski definition) is 0. The molecule has 0 amide bonds. The van der Waals surface area contributed by atoms with Crippen molar-refractivity contribution in [2.45, 2.75) is 0 Å². The van der Waals surface area contributed by atoms with E-state index in [1.165, 1.54) is 82.3 Å². The van der Waals surface area contributed by atoms with Crippen molar-refractivity contribution in [2.75, 3.05) is 9.80 Å². The van der Waals surface area contributed by atoms with Gasteiger partial charge in [-0.05, 0) is 121 Å². The molecular weight excluding hydrogens is 931 g/mol. The van der Waals surface area contributed by atoms with Crippen LogP contribution in [0.1, 0.15) is 0 Å². The molecular formula is C66H41N3S3. The van der Waals surface area contributed by atoms with Gasteiger partial charge < -0.3 is 14.4 Å². The smallest absolute Gasteiger partial charge is 0.0561 e. The van der Waals surface area contributed by atoms with Crippen LogP contribution in [0.5, 0.6) is 0 Å². The summed E-state index contributed by atoms with van der Waals surface area (Å²) >= 11 is 5.59. The van der Waals surface area contributed by atoms with Crippen LogP contribution in [0.15, 0.2) is 249 Å². The van der Waals surface area contributed by atoms with E-state index in [4.69, 9.17) is 0 Å². The summed E-state index contributed by atoms with van der Waals surface area (Å²) in [5, 5.41) is 10.3. The first kappa shape index (κ1) is 41.3. The van der Waals surface area contributed by atoms with Crippen LogP contribution < -0.4 is 9.80 Å². The van der Waals surface area contributed by atoms with Crippen molar-refractivity contribution < 1.29 is 0 Å². The average molecular weight is 972 g/mol. The van der Waals surface area contributed by atoms with Gasteiger partial charge in [0.05, 0.1) is 16.7 Å². The van der Waals surface area contributed by atoms with Crippen molar-refractivity contribution >= 4 is 150 Å². The fourth-order valence-electron chi connectivity index (χ4n) is 11.1. The zero-order valence-electron chi connectivity index (χ0n) is 38.7. The van der Waals surface area contributed by atoms with E-state index in [1.54, 1.807) is 0 Å². The third-order valence-corrected chi connectivity index (χ3v) is 17.8. The summed E-state index contributed by atoms with van der Waals surface area (Å²) < 4.78 is 10.3. The normalized spacial score (nSPS) is 11.9. The Hall–Kier alpha value is -8.52. The predicted octanol–water partition coefficient (Wildman–Crippen LogP) is 20.5. The van der Waals surface area contributed by atoms with Gasteiger partial charge in [-0.1, -0.05) is 133 Å². The van der Waals surface area contributed by atoms with E-state index < -0.39 is 0 Å². The first-order chi connectivity index (χ1) is 35.7. The van der Waals surface area contributed by atoms with Crippen molar-refractivity contribution in [3.63, 3.8) is 0 Å². The number of aromatic nitrogens is 1. The number of rotatable bonds is 8. The number of benzene rings is 11. The van der Waals surface area contributed by atoms with Crippen LogP contribution in [-0.4, -0.2) is 4.57 Å². The van der Waals surface area contributed by atoms with Crippen LogP contribution in [0.2, 0.25) is 0 Å². The Morgan fingerprint density at radius 2 is 0.736 bits per heavy atom. The third-order valence-electron chi connectivity index (χ3n) is 14.4. The van der Waals surface area contributed by atoms with Gasteiger partial charge in [0.2, 0.25) is 0 Å². The van der Waals surface area contributed by atoms with Gasteiger partial charge in [0.25, 0.3) is 0 Å². The Kier molecular flexibility index (Phi) is 9.48. The second kappa shape index (κ2) is 16.5. The molecule has 0 N–H and O–H groups in total. The molecule has 0 aliphatic carbocycles. The maximum atomic E-state index is 2.46. The Morgan fingerprint density at radius 1 is 0.264 bits per heavy atom. The molecule has 0 fully saturated rings. The molecule has 0 radical (unpaired) electrons. The topological polar surface area (TPSA) is 11.4 Å². The van der Waals surface area contributed by atoms with Gasteiger partial charge in [-0.15, -0.1) is 34.0 Å². The zero-order valence-corrected chi connectivity index (χ0v) is 41.2. The molecule has 72 heavy (non-hydrogen) atoms. The summed E-state index contributed by atoms with van der Waals surface area (Å²) in [6.07, 6.45) is 0. The lowest BCUT2D eigenvalue weighted by Crippen LogP contribution is -2.11. The van der Waals surface area contributed by atoms with E-state index in [0.717, 1.165) is 50.9 Å². The quantitative estimate of drug-likeness (QED) is 0.150. The lowest BCUT2D eigenvalue weighted by Gasteiger charge is -2.28. The molecule has 4 heterocycles. The highest BCUT2D eigenvalue weighted by Gasteiger charge is 2.22. The third kappa shape index (κ3) is 6.61. The van der Waals surface area contributed by atoms with E-state index in [2.05, 4.69) is 263 Å². The van der Waals surface area contributed by atoms with Crippen molar-refractivity contribution in [1.82, 2.24) is 4.57 Å².